The fraction of sp³-hybridized carbons (Fsp3) is 0.400. The molecule has 0 radical (unpaired) electrons. The van der Waals surface area contributed by atoms with E-state index in [0.29, 0.717) is 0 Å². The van der Waals surface area contributed by atoms with Crippen LogP contribution < -0.4 is 5.73 Å². The number of nitrogens with two attached hydrogens (primary N) is 1. The van der Waals surface area contributed by atoms with E-state index in [1.54, 1.807) is 0 Å². The Morgan fingerprint density at radius 3 is 2.74 bits per heavy atom. The summed E-state index contributed by atoms with van der Waals surface area (Å²) in [6, 6.07) is 7.94. The molecule has 0 bridgehead atoms. The zero-order valence-corrected chi connectivity index (χ0v) is 12.5. The van der Waals surface area contributed by atoms with Crippen LogP contribution in [-0.2, 0) is 0 Å². The molecule has 0 fully saturated rings. The van der Waals surface area contributed by atoms with Gasteiger partial charge < -0.3 is 10.6 Å². The Hall–Kier alpha value is -1.55. The van der Waals surface area contributed by atoms with E-state index in [2.05, 4.69) is 20.8 Å². The Balaban J connectivity index is 2.34. The zero-order valence-electron chi connectivity index (χ0n) is 11.6. The lowest BCUT2D eigenvalue weighted by atomic mass is 10.2. The van der Waals surface area contributed by atoms with E-state index in [1.165, 1.54) is 11.3 Å². The van der Waals surface area contributed by atoms with Crippen molar-refractivity contribution in [3.63, 3.8) is 0 Å². The highest BCUT2D eigenvalue weighted by Crippen LogP contribution is 2.28. The van der Waals surface area contributed by atoms with Crippen LogP contribution in [-0.4, -0.2) is 23.4 Å². The number of amides is 1. The number of nitrogens with zero attached hydrogens (tertiary/aromatic N) is 1. The first-order chi connectivity index (χ1) is 9.02. The van der Waals surface area contributed by atoms with E-state index < -0.39 is 0 Å². The molecule has 0 saturated heterocycles. The Morgan fingerprint density at radius 1 is 1.37 bits per heavy atom. The minimum atomic E-state index is 0.122. The molecule has 0 atom stereocenters. The smallest absolute Gasteiger partial charge is 0.264 e. The number of nitrogen functional groups attached to an aromatic ring is 1. The van der Waals surface area contributed by atoms with Gasteiger partial charge in [0.1, 0.15) is 0 Å². The van der Waals surface area contributed by atoms with Gasteiger partial charge in [-0.25, -0.2) is 0 Å². The Kier molecular flexibility index (Phi) is 4.10. The average molecular weight is 276 g/mol. The number of anilines is 1. The minimum Gasteiger partial charge on any atom is -0.399 e. The number of carbonyl (C=O) groups is 1. The third-order valence-corrected chi connectivity index (χ3v) is 4.20. The molecule has 0 unspecified atom stereocenters. The number of fused-ring (bicyclic) bond motifs is 1. The first-order valence-corrected chi connectivity index (χ1v) is 7.44. The Labute approximate surface area is 118 Å². The highest BCUT2D eigenvalue weighted by Gasteiger charge is 2.19. The van der Waals surface area contributed by atoms with Gasteiger partial charge in [0.05, 0.1) is 4.88 Å². The third-order valence-electron chi connectivity index (χ3n) is 3.10. The normalized spacial score (nSPS) is 11.2. The second-order valence-electron chi connectivity index (χ2n) is 5.00. The van der Waals surface area contributed by atoms with Crippen molar-refractivity contribution in [1.29, 1.82) is 0 Å². The predicted molar refractivity (Wildman–Crippen MR) is 82.7 cm³/mol. The topological polar surface area (TPSA) is 46.3 Å². The van der Waals surface area contributed by atoms with Gasteiger partial charge in [-0.15, -0.1) is 11.3 Å². The molecule has 0 aliphatic carbocycles. The summed E-state index contributed by atoms with van der Waals surface area (Å²) < 4.78 is 1.11. The molecule has 0 spiro atoms. The van der Waals surface area contributed by atoms with Gasteiger partial charge in [-0.1, -0.05) is 6.92 Å². The monoisotopic (exact) mass is 276 g/mol. The molecule has 1 amide bonds. The molecule has 0 aliphatic rings. The van der Waals surface area contributed by atoms with E-state index in [0.717, 1.165) is 33.6 Å². The lowest BCUT2D eigenvalue weighted by Crippen LogP contribution is -2.37. The van der Waals surface area contributed by atoms with Crippen molar-refractivity contribution in [2.75, 3.05) is 12.3 Å². The average Bonchev–Trinajstić information content (AvgIpc) is 2.77. The number of hydrogen-bond donors (Lipinski definition) is 1. The van der Waals surface area contributed by atoms with Crippen molar-refractivity contribution in [3.05, 3.63) is 29.1 Å². The van der Waals surface area contributed by atoms with Crippen LogP contribution in [0.2, 0.25) is 0 Å². The summed E-state index contributed by atoms with van der Waals surface area (Å²) in [6.07, 6.45) is 0.974. The molecule has 1 aromatic carbocycles. The highest BCUT2D eigenvalue weighted by molar-refractivity contribution is 7.20. The number of carbonyl (C=O) groups excluding carboxylic acids is 1. The molecule has 102 valence electrons. The predicted octanol–water partition coefficient (Wildman–Crippen LogP) is 3.74. The second-order valence-corrected chi connectivity index (χ2v) is 6.08. The van der Waals surface area contributed by atoms with Gasteiger partial charge in [-0.05, 0) is 49.9 Å². The van der Waals surface area contributed by atoms with Crippen LogP contribution in [0, 0.1) is 0 Å². The van der Waals surface area contributed by atoms with Crippen LogP contribution in [0.1, 0.15) is 36.9 Å². The maximum absolute atomic E-state index is 12.5. The molecule has 0 aliphatic heterocycles. The summed E-state index contributed by atoms with van der Waals surface area (Å²) in [7, 11) is 0. The van der Waals surface area contributed by atoms with Crippen molar-refractivity contribution in [3.8, 4) is 0 Å². The fourth-order valence-corrected chi connectivity index (χ4v) is 3.14. The van der Waals surface area contributed by atoms with E-state index in [-0.39, 0.29) is 11.9 Å². The summed E-state index contributed by atoms with van der Waals surface area (Å²) in [5, 5.41) is 1.05. The molecule has 2 N–H and O–H groups in total. The summed E-state index contributed by atoms with van der Waals surface area (Å²) in [4.78, 5) is 15.3. The third kappa shape index (κ3) is 2.89. The lowest BCUT2D eigenvalue weighted by molar-refractivity contribution is 0.0711. The molecule has 0 saturated carbocycles. The van der Waals surface area contributed by atoms with Crippen LogP contribution in [0.25, 0.3) is 10.1 Å². The lowest BCUT2D eigenvalue weighted by Gasteiger charge is -2.25. The molecule has 4 heteroatoms. The summed E-state index contributed by atoms with van der Waals surface area (Å²) in [5.74, 6) is 0.122. The van der Waals surface area contributed by atoms with Gasteiger partial charge in [0.15, 0.2) is 0 Å². The van der Waals surface area contributed by atoms with Gasteiger partial charge in [-0.2, -0.15) is 0 Å². The van der Waals surface area contributed by atoms with Crippen molar-refractivity contribution in [2.24, 2.45) is 0 Å². The summed E-state index contributed by atoms with van der Waals surface area (Å²) in [6.45, 7) is 7.00. The van der Waals surface area contributed by atoms with Crippen molar-refractivity contribution in [1.82, 2.24) is 4.90 Å². The molecular formula is C15H20N2OS. The van der Waals surface area contributed by atoms with Crippen LogP contribution in [0.15, 0.2) is 24.3 Å². The Bertz CT molecular complexity index is 589. The summed E-state index contributed by atoms with van der Waals surface area (Å²) >= 11 is 1.54. The maximum atomic E-state index is 12.5. The molecular weight excluding hydrogens is 256 g/mol. The van der Waals surface area contributed by atoms with Crippen molar-refractivity contribution in [2.45, 2.75) is 33.2 Å². The standard InChI is InChI=1S/C15H20N2OS/c1-4-7-17(10(2)3)15(18)14-9-11-8-12(16)5-6-13(11)19-14/h5-6,8-10H,4,7,16H2,1-3H3. The van der Waals surface area contributed by atoms with E-state index in [1.807, 2.05) is 29.2 Å². The van der Waals surface area contributed by atoms with Crippen LogP contribution in [0.5, 0.6) is 0 Å². The van der Waals surface area contributed by atoms with Gasteiger partial charge in [-0.3, -0.25) is 4.79 Å². The van der Waals surface area contributed by atoms with Gasteiger partial charge >= 0.3 is 0 Å². The van der Waals surface area contributed by atoms with Gasteiger partial charge in [0, 0.05) is 23.0 Å². The van der Waals surface area contributed by atoms with E-state index in [9.17, 15) is 4.79 Å². The SMILES string of the molecule is CCCN(C(=O)c1cc2cc(N)ccc2s1)C(C)C. The van der Waals surface area contributed by atoms with Crippen molar-refractivity contribution >= 4 is 33.0 Å². The Morgan fingerprint density at radius 2 is 2.11 bits per heavy atom. The largest absolute Gasteiger partial charge is 0.399 e. The highest BCUT2D eigenvalue weighted by atomic mass is 32.1. The number of hydrogen-bond acceptors (Lipinski definition) is 3. The maximum Gasteiger partial charge on any atom is 0.264 e. The number of benzene rings is 1. The molecule has 1 aromatic heterocycles. The molecule has 2 rings (SSSR count). The summed E-state index contributed by atoms with van der Waals surface area (Å²) in [5.41, 5.74) is 6.51. The molecule has 3 nitrogen and oxygen atoms in total. The first kappa shape index (κ1) is 13.9. The molecule has 2 aromatic rings. The number of thiophene rings is 1. The van der Waals surface area contributed by atoms with Crippen LogP contribution in [0.3, 0.4) is 0 Å². The molecule has 19 heavy (non-hydrogen) atoms. The van der Waals surface area contributed by atoms with Crippen molar-refractivity contribution < 1.29 is 4.79 Å². The van der Waals surface area contributed by atoms with E-state index >= 15 is 0 Å². The fourth-order valence-electron chi connectivity index (χ4n) is 2.14. The van der Waals surface area contributed by atoms with E-state index in [4.69, 9.17) is 5.73 Å². The van der Waals surface area contributed by atoms with Gasteiger partial charge in [0.25, 0.3) is 5.91 Å². The molecule has 1 heterocycles. The quantitative estimate of drug-likeness (QED) is 0.865. The minimum absolute atomic E-state index is 0.122. The zero-order chi connectivity index (χ0) is 14.0. The van der Waals surface area contributed by atoms with Crippen LogP contribution in [0.4, 0.5) is 5.69 Å². The first-order valence-electron chi connectivity index (χ1n) is 6.63. The number of rotatable bonds is 4. The van der Waals surface area contributed by atoms with Gasteiger partial charge in [0.2, 0.25) is 0 Å². The van der Waals surface area contributed by atoms with Crippen LogP contribution >= 0.6 is 11.3 Å². The second kappa shape index (κ2) is 5.61.